The summed E-state index contributed by atoms with van der Waals surface area (Å²) in [7, 11) is 0. The molecule has 3 rings (SSSR count). The lowest BCUT2D eigenvalue weighted by Crippen LogP contribution is -2.35. The van der Waals surface area contributed by atoms with Gasteiger partial charge in [-0.05, 0) is 43.6 Å². The molecule has 2 aliphatic rings. The van der Waals surface area contributed by atoms with Gasteiger partial charge < -0.3 is 15.4 Å². The molecule has 2 N–H and O–H groups in total. The van der Waals surface area contributed by atoms with Crippen LogP contribution in [0.15, 0.2) is 0 Å². The van der Waals surface area contributed by atoms with Crippen molar-refractivity contribution in [2.75, 3.05) is 23.8 Å². The monoisotopic (exact) mass is 295 g/mol. The summed E-state index contributed by atoms with van der Waals surface area (Å²) in [6.45, 7) is 3.17. The van der Waals surface area contributed by atoms with E-state index in [0.717, 1.165) is 17.5 Å². The van der Waals surface area contributed by atoms with Crippen LogP contribution in [0.2, 0.25) is 0 Å². The first-order chi connectivity index (χ1) is 9.72. The molecule has 2 heterocycles. The van der Waals surface area contributed by atoms with Crippen molar-refractivity contribution in [1.82, 2.24) is 4.37 Å². The van der Waals surface area contributed by atoms with Gasteiger partial charge in [-0.25, -0.2) is 4.79 Å². The summed E-state index contributed by atoms with van der Waals surface area (Å²) < 4.78 is 9.30. The third kappa shape index (κ3) is 2.26. The highest BCUT2D eigenvalue weighted by atomic mass is 32.1. The van der Waals surface area contributed by atoms with E-state index in [-0.39, 0.29) is 5.97 Å². The van der Waals surface area contributed by atoms with Crippen molar-refractivity contribution in [2.24, 2.45) is 5.92 Å². The molecule has 5 nitrogen and oxygen atoms in total. The number of anilines is 2. The Bertz CT molecular complexity index is 503. The first-order valence-corrected chi connectivity index (χ1v) is 8.18. The molecule has 2 fully saturated rings. The molecule has 0 aromatic carbocycles. The Morgan fingerprint density at radius 3 is 3.05 bits per heavy atom. The number of esters is 1. The van der Waals surface area contributed by atoms with Gasteiger partial charge in [0.1, 0.15) is 10.6 Å². The van der Waals surface area contributed by atoms with Crippen LogP contribution in [-0.2, 0) is 4.74 Å². The smallest absolute Gasteiger partial charge is 0.345 e. The van der Waals surface area contributed by atoms with E-state index in [2.05, 4.69) is 9.27 Å². The molecule has 0 amide bonds. The summed E-state index contributed by atoms with van der Waals surface area (Å²) >= 11 is 1.33. The van der Waals surface area contributed by atoms with Crippen LogP contribution in [0.4, 0.5) is 10.8 Å². The van der Waals surface area contributed by atoms with Crippen LogP contribution >= 0.6 is 11.5 Å². The fourth-order valence-electron chi connectivity index (χ4n) is 3.54. The molecule has 0 bridgehead atoms. The molecule has 0 radical (unpaired) electrons. The highest BCUT2D eigenvalue weighted by Crippen LogP contribution is 2.42. The molecule has 1 aliphatic carbocycles. The van der Waals surface area contributed by atoms with Crippen LogP contribution in [0.5, 0.6) is 0 Å². The highest BCUT2D eigenvalue weighted by Gasteiger charge is 2.38. The molecule has 1 aromatic rings. The highest BCUT2D eigenvalue weighted by molar-refractivity contribution is 7.11. The number of carbonyl (C=O) groups is 1. The second-order valence-corrected chi connectivity index (χ2v) is 6.31. The predicted molar refractivity (Wildman–Crippen MR) is 80.2 cm³/mol. The molecular formula is C14H21N3O2S. The maximum Gasteiger partial charge on any atom is 0.345 e. The lowest BCUT2D eigenvalue weighted by atomic mass is 9.85. The molecule has 20 heavy (non-hydrogen) atoms. The largest absolute Gasteiger partial charge is 0.462 e. The molecule has 110 valence electrons. The van der Waals surface area contributed by atoms with Crippen LogP contribution in [0.3, 0.4) is 0 Å². The van der Waals surface area contributed by atoms with E-state index in [4.69, 9.17) is 10.5 Å². The van der Waals surface area contributed by atoms with Gasteiger partial charge in [0.25, 0.3) is 0 Å². The van der Waals surface area contributed by atoms with Gasteiger partial charge >= 0.3 is 5.97 Å². The molecule has 1 saturated carbocycles. The molecule has 1 saturated heterocycles. The summed E-state index contributed by atoms with van der Waals surface area (Å²) in [6.07, 6.45) is 6.35. The van der Waals surface area contributed by atoms with Crippen molar-refractivity contribution >= 4 is 28.3 Å². The Kier molecular flexibility index (Phi) is 3.83. The summed E-state index contributed by atoms with van der Waals surface area (Å²) in [5.41, 5.74) is 6.36. The zero-order valence-corrected chi connectivity index (χ0v) is 12.6. The van der Waals surface area contributed by atoms with Crippen molar-refractivity contribution in [2.45, 2.75) is 45.1 Å². The van der Waals surface area contributed by atoms with E-state index >= 15 is 0 Å². The molecule has 0 spiro atoms. The van der Waals surface area contributed by atoms with Gasteiger partial charge in [-0.2, -0.15) is 4.37 Å². The van der Waals surface area contributed by atoms with E-state index in [1.807, 2.05) is 0 Å². The normalized spacial score (nSPS) is 25.6. The number of aromatic nitrogens is 1. The third-order valence-electron chi connectivity index (χ3n) is 4.45. The Hall–Kier alpha value is -1.30. The van der Waals surface area contributed by atoms with E-state index in [9.17, 15) is 4.79 Å². The minimum absolute atomic E-state index is 0.308. The van der Waals surface area contributed by atoms with Crippen molar-refractivity contribution in [3.63, 3.8) is 0 Å². The summed E-state index contributed by atoms with van der Waals surface area (Å²) in [6, 6.07) is 0.553. The third-order valence-corrected chi connectivity index (χ3v) is 5.35. The van der Waals surface area contributed by atoms with Crippen molar-refractivity contribution in [1.29, 1.82) is 0 Å². The molecular weight excluding hydrogens is 274 g/mol. The van der Waals surface area contributed by atoms with Crippen LogP contribution in [-0.4, -0.2) is 29.5 Å². The zero-order chi connectivity index (χ0) is 14.1. The van der Waals surface area contributed by atoms with Crippen molar-refractivity contribution < 1.29 is 9.53 Å². The molecule has 2 unspecified atom stereocenters. The van der Waals surface area contributed by atoms with Crippen LogP contribution < -0.4 is 10.6 Å². The first-order valence-electron chi connectivity index (χ1n) is 7.41. The van der Waals surface area contributed by atoms with Crippen LogP contribution in [0.1, 0.15) is 49.4 Å². The quantitative estimate of drug-likeness (QED) is 0.868. The Morgan fingerprint density at radius 2 is 2.25 bits per heavy atom. The van der Waals surface area contributed by atoms with Gasteiger partial charge in [0, 0.05) is 12.6 Å². The number of nitrogen functional groups attached to an aromatic ring is 1. The van der Waals surface area contributed by atoms with Gasteiger partial charge in [-0.1, -0.05) is 12.8 Å². The number of fused-ring (bicyclic) bond motifs is 1. The molecule has 1 aliphatic heterocycles. The van der Waals surface area contributed by atoms with Gasteiger partial charge in [0.2, 0.25) is 0 Å². The first kappa shape index (κ1) is 13.7. The number of hydrogen-bond acceptors (Lipinski definition) is 6. The van der Waals surface area contributed by atoms with Gasteiger partial charge in [0.05, 0.1) is 6.61 Å². The topological polar surface area (TPSA) is 68.5 Å². The summed E-state index contributed by atoms with van der Waals surface area (Å²) in [4.78, 5) is 14.5. The minimum Gasteiger partial charge on any atom is -0.462 e. The van der Waals surface area contributed by atoms with Crippen molar-refractivity contribution in [3.05, 3.63) is 5.56 Å². The number of nitrogens with two attached hydrogens (primary N) is 1. The van der Waals surface area contributed by atoms with Gasteiger partial charge in [-0.3, -0.25) is 0 Å². The molecule has 2 atom stereocenters. The Morgan fingerprint density at radius 1 is 1.45 bits per heavy atom. The standard InChI is InChI=1S/C14H21N3O2S/c1-2-19-14(18)11-12(15)16-20-13(11)17-8-7-9-5-3-4-6-10(9)17/h9-10H,2-8H2,1H3,(H2,15,16). The van der Waals surface area contributed by atoms with E-state index in [1.165, 1.54) is 43.6 Å². The fourth-order valence-corrected chi connectivity index (χ4v) is 4.43. The number of nitrogens with zero attached hydrogens (tertiary/aromatic N) is 2. The number of hydrogen-bond donors (Lipinski definition) is 1. The molecule has 6 heteroatoms. The maximum atomic E-state index is 12.1. The summed E-state index contributed by atoms with van der Waals surface area (Å²) in [5.74, 6) is 0.734. The predicted octanol–water partition coefficient (Wildman–Crippen LogP) is 2.67. The fraction of sp³-hybridized carbons (Fsp3) is 0.714. The second kappa shape index (κ2) is 5.60. The maximum absolute atomic E-state index is 12.1. The van der Waals surface area contributed by atoms with Crippen LogP contribution in [0, 0.1) is 5.92 Å². The van der Waals surface area contributed by atoms with E-state index < -0.39 is 0 Å². The van der Waals surface area contributed by atoms with E-state index in [0.29, 0.717) is 24.0 Å². The minimum atomic E-state index is -0.340. The van der Waals surface area contributed by atoms with Crippen molar-refractivity contribution in [3.8, 4) is 0 Å². The summed E-state index contributed by atoms with van der Waals surface area (Å²) in [5, 5.41) is 0.912. The Balaban J connectivity index is 1.89. The van der Waals surface area contributed by atoms with Crippen LogP contribution in [0.25, 0.3) is 0 Å². The average Bonchev–Trinajstić information content (AvgIpc) is 3.02. The van der Waals surface area contributed by atoms with Gasteiger partial charge in [0.15, 0.2) is 5.82 Å². The lowest BCUT2D eigenvalue weighted by Gasteiger charge is -2.32. The van der Waals surface area contributed by atoms with E-state index in [1.54, 1.807) is 6.92 Å². The number of rotatable bonds is 3. The SMILES string of the molecule is CCOC(=O)c1c(N)nsc1N1CCC2CCCCC21. The average molecular weight is 295 g/mol. The number of carbonyl (C=O) groups excluding carboxylic acids is 1. The number of ether oxygens (including phenoxy) is 1. The second-order valence-electron chi connectivity index (χ2n) is 5.56. The Labute approximate surface area is 123 Å². The lowest BCUT2D eigenvalue weighted by molar-refractivity contribution is 0.0528. The molecule has 1 aromatic heterocycles. The van der Waals surface area contributed by atoms with Gasteiger partial charge in [-0.15, -0.1) is 0 Å². The zero-order valence-electron chi connectivity index (χ0n) is 11.8.